The van der Waals surface area contributed by atoms with E-state index >= 15 is 8.78 Å². The van der Waals surface area contributed by atoms with Gasteiger partial charge in [-0.05, 0) is 94.8 Å². The Labute approximate surface area is 386 Å². The summed E-state index contributed by atoms with van der Waals surface area (Å²) < 4.78 is 45.7. The van der Waals surface area contributed by atoms with Gasteiger partial charge in [0, 0.05) is 59.5 Å². The summed E-state index contributed by atoms with van der Waals surface area (Å²) in [5, 5.41) is 1.12. The first-order valence-electron chi connectivity index (χ1n) is 19.7. The van der Waals surface area contributed by atoms with Crippen LogP contribution in [0.25, 0.3) is 42.7 Å². The molecular weight excluding hydrogens is 886 g/mol. The van der Waals surface area contributed by atoms with E-state index in [2.05, 4.69) is 30.9 Å². The zero-order valence-electron chi connectivity index (χ0n) is 32.5. The second kappa shape index (κ2) is 22.7. The molecule has 10 rings (SSSR count). The number of nitrogens with zero attached hydrogens (tertiary/aromatic N) is 5. The summed E-state index contributed by atoms with van der Waals surface area (Å²) in [7, 11) is 0. The van der Waals surface area contributed by atoms with Gasteiger partial charge in [0.15, 0.2) is 0 Å². The average molecular weight is 935 g/mol. The van der Waals surface area contributed by atoms with Gasteiger partial charge in [0.05, 0.1) is 31.5 Å². The molecule has 1 saturated carbocycles. The zero-order chi connectivity index (χ0) is 40.7. The van der Waals surface area contributed by atoms with Crippen molar-refractivity contribution in [3.8, 4) is 22.3 Å². The van der Waals surface area contributed by atoms with Crippen LogP contribution >= 0.6 is 58.3 Å². The van der Waals surface area contributed by atoms with Gasteiger partial charge in [0.2, 0.25) is 5.95 Å². The molecule has 2 fully saturated rings. The first kappa shape index (κ1) is 48.5. The third-order valence-electron chi connectivity index (χ3n) is 10.6. The molecule has 4 aromatic heterocycles. The number of pyridine rings is 2. The second-order valence-corrected chi connectivity index (χ2v) is 17.3. The van der Waals surface area contributed by atoms with Gasteiger partial charge in [-0.15, -0.1) is 35.1 Å². The first-order valence-corrected chi connectivity index (χ1v) is 22.2. The van der Waals surface area contributed by atoms with Crippen molar-refractivity contribution in [1.82, 2.24) is 19.9 Å². The molecule has 0 spiro atoms. The SMILES string of the molecule is C.C.C1CCCC1.Cl.Fc1c(Cc2ccc(N3CCCC3)nc2)cc2scnc2c1-c1cccc(Cl)c1.Fc1ccc(Cc2cc3scnc3c(-c3cccc(Cl)c3)c2F)cn1. The molecule has 5 nitrogen and oxygen atoms in total. The van der Waals surface area contributed by atoms with Gasteiger partial charge in [0.1, 0.15) is 17.5 Å². The molecule has 13 heteroatoms. The zero-order valence-corrected chi connectivity index (χ0v) is 36.5. The van der Waals surface area contributed by atoms with Crippen LogP contribution in [0, 0.1) is 17.6 Å². The van der Waals surface area contributed by atoms with Crippen LogP contribution in [-0.2, 0) is 12.8 Å². The fourth-order valence-corrected chi connectivity index (χ4v) is 9.50. The van der Waals surface area contributed by atoms with Crippen LogP contribution in [0.15, 0.2) is 108 Å². The summed E-state index contributed by atoms with van der Waals surface area (Å²) in [5.74, 6) is -0.134. The van der Waals surface area contributed by atoms with E-state index in [1.165, 1.54) is 79.9 Å². The van der Waals surface area contributed by atoms with Crippen molar-refractivity contribution in [2.45, 2.75) is 72.6 Å². The van der Waals surface area contributed by atoms with Crippen LogP contribution in [0.4, 0.5) is 19.0 Å². The third-order valence-corrected chi connectivity index (χ3v) is 12.6. The molecule has 2 aliphatic rings. The lowest BCUT2D eigenvalue weighted by Gasteiger charge is -2.16. The molecule has 324 valence electrons. The quantitative estimate of drug-likeness (QED) is 0.149. The summed E-state index contributed by atoms with van der Waals surface area (Å²) in [4.78, 5) is 19.3. The molecular formula is C49H49Cl3F3N5S2. The van der Waals surface area contributed by atoms with Crippen LogP contribution in [-0.4, -0.2) is 33.0 Å². The van der Waals surface area contributed by atoms with Crippen LogP contribution < -0.4 is 4.90 Å². The first-order chi connectivity index (χ1) is 28.8. The van der Waals surface area contributed by atoms with E-state index in [1.54, 1.807) is 53.5 Å². The molecule has 0 amide bonds. The van der Waals surface area contributed by atoms with Crippen molar-refractivity contribution in [2.75, 3.05) is 18.0 Å². The maximum absolute atomic E-state index is 15.6. The Morgan fingerprint density at radius 3 is 1.44 bits per heavy atom. The van der Waals surface area contributed by atoms with Gasteiger partial charge in [-0.3, -0.25) is 0 Å². The number of benzene rings is 4. The maximum atomic E-state index is 15.6. The standard InChI is InChI=1S/C23H19ClFN3S.C19H11ClF2N2S.C5H10.2CH4.ClH/c24-18-5-3-4-16(11-18)21-22(25)17(12-19-23(21)27-14-29-19)10-15-6-7-20(26-13-15)28-8-1-2-9-28;20-14-3-1-2-12(7-14)17-18(22)13(8-15-19(17)24-10-25-15)6-11-4-5-16(21)23-9-11;1-2-4-5-3-1;;;/h3-7,11-14H,1-2,8-10H2;1-5,7-10H,6H2;1-5H2;2*1H4;1H. The molecule has 1 aliphatic heterocycles. The Bertz CT molecular complexity index is 2670. The molecule has 4 aromatic carbocycles. The molecule has 62 heavy (non-hydrogen) atoms. The number of rotatable bonds is 7. The summed E-state index contributed by atoms with van der Waals surface area (Å²) in [6, 6.07) is 25.0. The van der Waals surface area contributed by atoms with E-state index in [9.17, 15) is 4.39 Å². The molecule has 0 N–H and O–H groups in total. The van der Waals surface area contributed by atoms with Gasteiger partial charge in [-0.1, -0.05) is 107 Å². The van der Waals surface area contributed by atoms with Gasteiger partial charge in [-0.25, -0.2) is 28.7 Å². The fraction of sp³-hybridized carbons (Fsp3) is 0.265. The summed E-state index contributed by atoms with van der Waals surface area (Å²) in [6.07, 6.45) is 14.0. The monoisotopic (exact) mass is 933 g/mol. The fourth-order valence-electron chi connectivity index (χ4n) is 7.62. The number of aromatic nitrogens is 4. The highest BCUT2D eigenvalue weighted by Crippen LogP contribution is 2.38. The Hall–Kier alpha value is -4.58. The Morgan fingerprint density at radius 1 is 0.548 bits per heavy atom. The van der Waals surface area contributed by atoms with Crippen molar-refractivity contribution in [3.05, 3.63) is 158 Å². The van der Waals surface area contributed by atoms with Crippen LogP contribution in [0.5, 0.6) is 0 Å². The van der Waals surface area contributed by atoms with Crippen molar-refractivity contribution in [2.24, 2.45) is 0 Å². The Balaban J connectivity index is 0.000000203. The van der Waals surface area contributed by atoms with Crippen LogP contribution in [0.2, 0.25) is 10.0 Å². The number of halogens is 6. The van der Waals surface area contributed by atoms with Crippen molar-refractivity contribution < 1.29 is 13.2 Å². The number of anilines is 1. The lowest BCUT2D eigenvalue weighted by atomic mass is 9.97. The van der Waals surface area contributed by atoms with Crippen molar-refractivity contribution >= 4 is 84.5 Å². The van der Waals surface area contributed by atoms with Gasteiger partial charge < -0.3 is 4.90 Å². The van der Waals surface area contributed by atoms with E-state index < -0.39 is 5.95 Å². The average Bonchev–Trinajstić information content (AvgIpc) is 4.10. The number of fused-ring (bicyclic) bond motifs is 2. The number of hydrogen-bond acceptors (Lipinski definition) is 7. The van der Waals surface area contributed by atoms with Crippen LogP contribution in [0.1, 0.15) is 82.1 Å². The van der Waals surface area contributed by atoms with E-state index in [0.29, 0.717) is 61.7 Å². The summed E-state index contributed by atoms with van der Waals surface area (Å²) >= 11 is 15.2. The largest absolute Gasteiger partial charge is 0.357 e. The Morgan fingerprint density at radius 2 is 1.02 bits per heavy atom. The molecule has 0 radical (unpaired) electrons. The smallest absolute Gasteiger partial charge is 0.212 e. The molecule has 0 unspecified atom stereocenters. The highest BCUT2D eigenvalue weighted by atomic mass is 35.5. The topological polar surface area (TPSA) is 54.8 Å². The maximum Gasteiger partial charge on any atom is 0.212 e. The van der Waals surface area contributed by atoms with Gasteiger partial charge in [0.25, 0.3) is 0 Å². The lowest BCUT2D eigenvalue weighted by molar-refractivity contribution is 0.582. The highest BCUT2D eigenvalue weighted by Gasteiger charge is 2.20. The highest BCUT2D eigenvalue weighted by molar-refractivity contribution is 7.17. The van der Waals surface area contributed by atoms with Crippen molar-refractivity contribution in [3.63, 3.8) is 0 Å². The Kier molecular flexibility index (Phi) is 17.7. The molecule has 8 aromatic rings. The molecule has 0 atom stereocenters. The van der Waals surface area contributed by atoms with E-state index in [4.69, 9.17) is 23.2 Å². The van der Waals surface area contributed by atoms with Crippen LogP contribution in [0.3, 0.4) is 0 Å². The molecule has 1 aliphatic carbocycles. The van der Waals surface area contributed by atoms with E-state index in [0.717, 1.165) is 45.0 Å². The molecule has 1 saturated heterocycles. The second-order valence-electron chi connectivity index (χ2n) is 14.7. The van der Waals surface area contributed by atoms with E-state index in [-0.39, 0.29) is 38.9 Å². The summed E-state index contributed by atoms with van der Waals surface area (Å²) in [6.45, 7) is 2.12. The minimum absolute atomic E-state index is 0. The van der Waals surface area contributed by atoms with E-state index in [1.807, 2.05) is 36.5 Å². The van der Waals surface area contributed by atoms with Gasteiger partial charge in [-0.2, -0.15) is 4.39 Å². The number of thiazole rings is 2. The molecule has 0 bridgehead atoms. The normalized spacial score (nSPS) is 13.0. The van der Waals surface area contributed by atoms with Crippen molar-refractivity contribution in [1.29, 1.82) is 0 Å². The lowest BCUT2D eigenvalue weighted by Crippen LogP contribution is -2.18. The predicted octanol–water partition coefficient (Wildman–Crippen LogP) is 15.9. The molecule has 5 heterocycles. The van der Waals surface area contributed by atoms with Gasteiger partial charge >= 0.3 is 0 Å². The predicted molar refractivity (Wildman–Crippen MR) is 259 cm³/mol. The minimum atomic E-state index is -0.554. The minimum Gasteiger partial charge on any atom is -0.357 e. The number of hydrogen-bond donors (Lipinski definition) is 0. The summed E-state index contributed by atoms with van der Waals surface area (Å²) in [5.41, 5.74) is 10.0. The third kappa shape index (κ3) is 11.5.